The summed E-state index contributed by atoms with van der Waals surface area (Å²) in [6, 6.07) is 15.5. The SMILES string of the molecule is CCCCCc1ccc(Nc2nc(Nc3ccc(C4CCCCC4)cc3)ncc2C(F)(F)F)cc1. The van der Waals surface area contributed by atoms with Crippen LogP contribution in [0.1, 0.15) is 80.9 Å². The van der Waals surface area contributed by atoms with Crippen LogP contribution in [0.15, 0.2) is 54.7 Å². The van der Waals surface area contributed by atoms with Crippen LogP contribution in [0.5, 0.6) is 0 Å². The molecule has 0 unspecified atom stereocenters. The number of unbranched alkanes of at least 4 members (excludes halogenated alkanes) is 2. The monoisotopic (exact) mass is 482 g/mol. The van der Waals surface area contributed by atoms with Gasteiger partial charge in [-0.15, -0.1) is 0 Å². The highest BCUT2D eigenvalue weighted by Gasteiger charge is 2.35. The predicted octanol–water partition coefficient (Wildman–Crippen LogP) is 8.76. The fourth-order valence-corrected chi connectivity index (χ4v) is 4.62. The third-order valence-corrected chi connectivity index (χ3v) is 6.62. The number of aryl methyl sites for hydroxylation is 1. The van der Waals surface area contributed by atoms with Gasteiger partial charge in [-0.25, -0.2) is 4.98 Å². The van der Waals surface area contributed by atoms with E-state index in [-0.39, 0.29) is 11.8 Å². The maximum atomic E-state index is 13.6. The minimum absolute atomic E-state index is 0.113. The molecule has 35 heavy (non-hydrogen) atoms. The lowest BCUT2D eigenvalue weighted by Crippen LogP contribution is -2.12. The Kier molecular flexibility index (Phi) is 8.26. The number of nitrogens with zero attached hydrogens (tertiary/aromatic N) is 2. The summed E-state index contributed by atoms with van der Waals surface area (Å²) < 4.78 is 40.9. The Hall–Kier alpha value is -3.09. The van der Waals surface area contributed by atoms with Crippen LogP contribution in [0.3, 0.4) is 0 Å². The summed E-state index contributed by atoms with van der Waals surface area (Å²) in [5.41, 5.74) is 2.87. The van der Waals surface area contributed by atoms with E-state index in [2.05, 4.69) is 39.7 Å². The number of nitrogens with one attached hydrogen (secondary N) is 2. The zero-order chi connectivity index (χ0) is 24.7. The van der Waals surface area contributed by atoms with E-state index in [1.165, 1.54) is 43.2 Å². The first-order chi connectivity index (χ1) is 16.9. The first-order valence-electron chi connectivity index (χ1n) is 12.6. The molecule has 4 nitrogen and oxygen atoms in total. The Morgan fingerprint density at radius 1 is 0.857 bits per heavy atom. The van der Waals surface area contributed by atoms with Crippen molar-refractivity contribution >= 4 is 23.1 Å². The van der Waals surface area contributed by atoms with Crippen molar-refractivity contribution in [2.24, 2.45) is 0 Å². The molecule has 3 aromatic rings. The van der Waals surface area contributed by atoms with Crippen LogP contribution in [0, 0.1) is 0 Å². The molecule has 1 aliphatic rings. The molecule has 0 bridgehead atoms. The van der Waals surface area contributed by atoms with Crippen LogP contribution < -0.4 is 10.6 Å². The van der Waals surface area contributed by atoms with Crippen LogP contribution in [-0.2, 0) is 12.6 Å². The third-order valence-electron chi connectivity index (χ3n) is 6.62. The highest BCUT2D eigenvalue weighted by Crippen LogP contribution is 2.36. The maximum Gasteiger partial charge on any atom is 0.421 e. The molecule has 2 N–H and O–H groups in total. The summed E-state index contributed by atoms with van der Waals surface area (Å²) in [5, 5.41) is 5.89. The van der Waals surface area contributed by atoms with E-state index in [1.807, 2.05) is 24.3 Å². The lowest BCUT2D eigenvalue weighted by molar-refractivity contribution is -0.137. The number of anilines is 4. The van der Waals surface area contributed by atoms with Crippen LogP contribution >= 0.6 is 0 Å². The van der Waals surface area contributed by atoms with E-state index >= 15 is 0 Å². The second kappa shape index (κ2) is 11.6. The molecule has 0 amide bonds. The molecule has 7 heteroatoms. The minimum Gasteiger partial charge on any atom is -0.340 e. The molecule has 1 fully saturated rings. The van der Waals surface area contributed by atoms with E-state index in [4.69, 9.17) is 0 Å². The second-order valence-corrected chi connectivity index (χ2v) is 9.31. The van der Waals surface area contributed by atoms with Gasteiger partial charge < -0.3 is 10.6 Å². The van der Waals surface area contributed by atoms with Crippen LogP contribution in [0.25, 0.3) is 0 Å². The van der Waals surface area contributed by atoms with Crippen LogP contribution in [-0.4, -0.2) is 9.97 Å². The van der Waals surface area contributed by atoms with Crippen molar-refractivity contribution in [3.05, 3.63) is 71.4 Å². The Labute approximate surface area is 205 Å². The van der Waals surface area contributed by atoms with Gasteiger partial charge in [0.25, 0.3) is 0 Å². The van der Waals surface area contributed by atoms with E-state index < -0.39 is 11.7 Å². The third kappa shape index (κ3) is 6.96. The molecule has 1 aromatic heterocycles. The first-order valence-corrected chi connectivity index (χ1v) is 12.6. The number of aromatic nitrogens is 2. The summed E-state index contributed by atoms with van der Waals surface area (Å²) in [7, 11) is 0. The van der Waals surface area contributed by atoms with E-state index in [0.717, 1.165) is 37.6 Å². The van der Waals surface area contributed by atoms with E-state index in [1.54, 1.807) is 12.1 Å². The standard InChI is InChI=1S/C28H33F3N4/c1-2-3-5-8-20-11-15-23(16-12-20)33-26-25(28(29,30)31)19-32-27(35-26)34-24-17-13-22(14-18-24)21-9-6-4-7-10-21/h11-19,21H,2-10H2,1H3,(H2,32,33,34,35). The van der Waals surface area contributed by atoms with Crippen LogP contribution in [0.2, 0.25) is 0 Å². The van der Waals surface area contributed by atoms with Gasteiger partial charge in [-0.2, -0.15) is 18.2 Å². The lowest BCUT2D eigenvalue weighted by atomic mass is 9.84. The Morgan fingerprint density at radius 2 is 1.51 bits per heavy atom. The molecule has 0 radical (unpaired) electrons. The summed E-state index contributed by atoms with van der Waals surface area (Å²) in [4.78, 5) is 8.10. The number of hydrogen-bond donors (Lipinski definition) is 2. The smallest absolute Gasteiger partial charge is 0.340 e. The van der Waals surface area contributed by atoms with Crippen molar-refractivity contribution in [2.45, 2.75) is 76.8 Å². The normalized spacial score (nSPS) is 14.6. The van der Waals surface area contributed by atoms with Gasteiger partial charge in [-0.05, 0) is 67.0 Å². The summed E-state index contributed by atoms with van der Waals surface area (Å²) in [6.07, 6.45) is 6.89. The average molecular weight is 483 g/mol. The molecule has 0 atom stereocenters. The molecular weight excluding hydrogens is 449 g/mol. The zero-order valence-corrected chi connectivity index (χ0v) is 20.2. The highest BCUT2D eigenvalue weighted by atomic mass is 19.4. The lowest BCUT2D eigenvalue weighted by Gasteiger charge is -2.22. The predicted molar refractivity (Wildman–Crippen MR) is 136 cm³/mol. The average Bonchev–Trinajstić information content (AvgIpc) is 2.86. The first kappa shape index (κ1) is 25.0. The number of halogens is 3. The fraction of sp³-hybridized carbons (Fsp3) is 0.429. The number of alkyl halides is 3. The molecule has 0 aliphatic heterocycles. The fourth-order valence-electron chi connectivity index (χ4n) is 4.62. The number of rotatable bonds is 9. The molecule has 0 spiro atoms. The van der Waals surface area contributed by atoms with Crippen molar-refractivity contribution < 1.29 is 13.2 Å². The van der Waals surface area contributed by atoms with Gasteiger partial charge in [-0.3, -0.25) is 0 Å². The highest BCUT2D eigenvalue weighted by molar-refractivity contribution is 5.63. The molecular formula is C28H33F3N4. The van der Waals surface area contributed by atoms with Crippen molar-refractivity contribution in [3.63, 3.8) is 0 Å². The van der Waals surface area contributed by atoms with Crippen molar-refractivity contribution in [1.82, 2.24) is 9.97 Å². The molecule has 0 saturated heterocycles. The summed E-state index contributed by atoms with van der Waals surface area (Å²) in [6.45, 7) is 2.16. The van der Waals surface area contributed by atoms with Crippen LogP contribution in [0.4, 0.5) is 36.3 Å². The van der Waals surface area contributed by atoms with Gasteiger partial charge in [-0.1, -0.05) is 63.3 Å². The van der Waals surface area contributed by atoms with Gasteiger partial charge in [0.1, 0.15) is 11.4 Å². The largest absolute Gasteiger partial charge is 0.421 e. The van der Waals surface area contributed by atoms with Gasteiger partial charge >= 0.3 is 6.18 Å². The molecule has 4 rings (SSSR count). The Balaban J connectivity index is 1.48. The molecule has 186 valence electrons. The summed E-state index contributed by atoms with van der Waals surface area (Å²) in [5.74, 6) is 0.434. The van der Waals surface area contributed by atoms with Crippen molar-refractivity contribution in [2.75, 3.05) is 10.6 Å². The Morgan fingerprint density at radius 3 is 2.17 bits per heavy atom. The number of benzene rings is 2. The topological polar surface area (TPSA) is 49.8 Å². The second-order valence-electron chi connectivity index (χ2n) is 9.31. The van der Waals surface area contributed by atoms with Gasteiger partial charge in [0.2, 0.25) is 5.95 Å². The maximum absolute atomic E-state index is 13.6. The van der Waals surface area contributed by atoms with Crippen molar-refractivity contribution in [3.8, 4) is 0 Å². The molecule has 1 heterocycles. The minimum atomic E-state index is -4.57. The molecule has 1 saturated carbocycles. The van der Waals surface area contributed by atoms with Gasteiger partial charge in [0, 0.05) is 17.6 Å². The number of hydrogen-bond acceptors (Lipinski definition) is 4. The quantitative estimate of drug-likeness (QED) is 0.299. The van der Waals surface area contributed by atoms with E-state index in [0.29, 0.717) is 11.6 Å². The van der Waals surface area contributed by atoms with Gasteiger partial charge in [0.15, 0.2) is 0 Å². The zero-order valence-electron chi connectivity index (χ0n) is 20.2. The molecule has 2 aromatic carbocycles. The van der Waals surface area contributed by atoms with Gasteiger partial charge in [0.05, 0.1) is 0 Å². The van der Waals surface area contributed by atoms with E-state index in [9.17, 15) is 13.2 Å². The molecule has 1 aliphatic carbocycles. The Bertz CT molecular complexity index is 1070. The van der Waals surface area contributed by atoms with Crippen molar-refractivity contribution in [1.29, 1.82) is 0 Å². The summed E-state index contributed by atoms with van der Waals surface area (Å²) >= 11 is 0.